The predicted octanol–water partition coefficient (Wildman–Crippen LogP) is -0.102. The zero-order valence-electron chi connectivity index (χ0n) is 10.9. The van der Waals surface area contributed by atoms with Crippen molar-refractivity contribution in [1.29, 1.82) is 0 Å². The normalized spacial score (nSPS) is 7.39. The van der Waals surface area contributed by atoms with Gasteiger partial charge in [-0.1, -0.05) is 27.7 Å². The van der Waals surface area contributed by atoms with Gasteiger partial charge in [0.15, 0.2) is 0 Å². The first kappa shape index (κ1) is 21.3. The number of hydrogen-bond donors (Lipinski definition) is 2. The van der Waals surface area contributed by atoms with Crippen LogP contribution in [0.5, 0.6) is 0 Å². The summed E-state index contributed by atoms with van der Waals surface area (Å²) in [6.45, 7) is 6.92. The molecular weight excluding hydrogens is 247 g/mol. The van der Waals surface area contributed by atoms with Crippen LogP contribution in [0.1, 0.15) is 27.7 Å². The molecule has 0 aliphatic rings. The first-order valence-electron chi connectivity index (χ1n) is 5.43. The molecule has 0 saturated carbocycles. The van der Waals surface area contributed by atoms with Gasteiger partial charge in [0.05, 0.1) is 6.54 Å². The molecule has 7 nitrogen and oxygen atoms in total. The van der Waals surface area contributed by atoms with Crippen molar-refractivity contribution < 1.29 is 28.6 Å². The molecule has 0 unspecified atom stereocenters. The minimum Gasteiger partial charge on any atom is -0.341 e. The number of hydrogen-bond acceptors (Lipinski definition) is 5. The van der Waals surface area contributed by atoms with Crippen LogP contribution in [-0.4, -0.2) is 37.2 Å². The molecule has 18 heavy (non-hydrogen) atoms. The third kappa shape index (κ3) is 14.0. The van der Waals surface area contributed by atoms with E-state index in [0.717, 1.165) is 0 Å². The number of aldehydes is 1. The summed E-state index contributed by atoms with van der Waals surface area (Å²) in [7, 11) is 0. The van der Waals surface area contributed by atoms with Gasteiger partial charge in [0.1, 0.15) is 12.8 Å². The molecule has 0 atom stereocenters. The SMILES string of the molecule is CC.CC.O=CCNC(=O)C(=O)NCC(=O)OF. The summed E-state index contributed by atoms with van der Waals surface area (Å²) in [5.74, 6) is -3.58. The predicted molar refractivity (Wildman–Crippen MR) is 62.0 cm³/mol. The molecule has 0 aromatic carbocycles. The minimum atomic E-state index is -1.33. The van der Waals surface area contributed by atoms with E-state index in [1.165, 1.54) is 0 Å². The maximum absolute atomic E-state index is 11.1. The van der Waals surface area contributed by atoms with E-state index in [-0.39, 0.29) is 6.54 Å². The van der Waals surface area contributed by atoms with Crippen molar-refractivity contribution >= 4 is 24.1 Å². The number of rotatable bonds is 4. The van der Waals surface area contributed by atoms with Crippen LogP contribution in [0, 0.1) is 0 Å². The fourth-order valence-electron chi connectivity index (χ4n) is 0.475. The van der Waals surface area contributed by atoms with Crippen LogP contribution >= 0.6 is 0 Å². The Balaban J connectivity index is -0.000000506. The van der Waals surface area contributed by atoms with Gasteiger partial charge in [0.2, 0.25) is 0 Å². The molecule has 0 saturated heterocycles. The molecule has 0 aromatic rings. The lowest BCUT2D eigenvalue weighted by molar-refractivity contribution is -0.182. The Hall–Kier alpha value is -1.99. The highest BCUT2D eigenvalue weighted by molar-refractivity contribution is 6.35. The Morgan fingerprint density at radius 1 is 1.06 bits per heavy atom. The first-order chi connectivity index (χ1) is 8.61. The van der Waals surface area contributed by atoms with Crippen LogP contribution in [0.2, 0.25) is 0 Å². The maximum atomic E-state index is 11.1. The standard InChI is InChI=1S/C6H7FN2O5.2C2H6/c7-14-4(11)3-9-6(13)5(12)8-1-2-10;2*1-2/h2H,1,3H2,(H,8,12)(H,9,13);2*1-2H3. The third-order valence-corrected chi connectivity index (χ3v) is 1.03. The van der Waals surface area contributed by atoms with Crippen molar-refractivity contribution in [1.82, 2.24) is 10.6 Å². The van der Waals surface area contributed by atoms with Crippen LogP contribution in [0.3, 0.4) is 0 Å². The van der Waals surface area contributed by atoms with E-state index in [0.29, 0.717) is 6.29 Å². The Bertz CT molecular complexity index is 259. The van der Waals surface area contributed by atoms with Gasteiger partial charge in [-0.25, -0.2) is 4.79 Å². The smallest absolute Gasteiger partial charge is 0.341 e. The second kappa shape index (κ2) is 17.4. The summed E-state index contributed by atoms with van der Waals surface area (Å²) >= 11 is 0. The average molecular weight is 266 g/mol. The molecule has 2 amide bonds. The number of carbonyl (C=O) groups excluding carboxylic acids is 4. The number of nitrogens with one attached hydrogen (secondary N) is 2. The number of carbonyl (C=O) groups is 4. The van der Waals surface area contributed by atoms with E-state index in [4.69, 9.17) is 0 Å². The quantitative estimate of drug-likeness (QED) is 0.546. The minimum absolute atomic E-state index is 0.320. The van der Waals surface area contributed by atoms with Crippen molar-refractivity contribution in [3.8, 4) is 0 Å². The van der Waals surface area contributed by atoms with E-state index >= 15 is 0 Å². The van der Waals surface area contributed by atoms with Crippen LogP contribution < -0.4 is 10.6 Å². The summed E-state index contributed by atoms with van der Waals surface area (Å²) in [5.41, 5.74) is 0. The summed E-state index contributed by atoms with van der Waals surface area (Å²) in [6, 6.07) is 0. The summed E-state index contributed by atoms with van der Waals surface area (Å²) in [5, 5.41) is 3.67. The molecule has 0 heterocycles. The molecule has 0 aromatic heterocycles. The summed E-state index contributed by atoms with van der Waals surface area (Å²) in [4.78, 5) is 44.0. The van der Waals surface area contributed by atoms with E-state index < -0.39 is 24.3 Å². The highest BCUT2D eigenvalue weighted by atomic mass is 19.3. The molecule has 2 N–H and O–H groups in total. The van der Waals surface area contributed by atoms with Crippen molar-refractivity contribution in [2.45, 2.75) is 27.7 Å². The molecule has 0 bridgehead atoms. The molecule has 0 radical (unpaired) electrons. The summed E-state index contributed by atoms with van der Waals surface area (Å²) in [6.07, 6.45) is 0.376. The molecule has 0 spiro atoms. The second-order valence-corrected chi connectivity index (χ2v) is 2.01. The lowest BCUT2D eigenvalue weighted by Crippen LogP contribution is -2.42. The molecular formula is C10H19FN2O5. The third-order valence-electron chi connectivity index (χ3n) is 1.03. The molecule has 0 rings (SSSR count). The Kier molecular flexibility index (Phi) is 20.6. The molecule has 0 aliphatic carbocycles. The van der Waals surface area contributed by atoms with Crippen LogP contribution in [0.4, 0.5) is 4.53 Å². The molecule has 106 valence electrons. The van der Waals surface area contributed by atoms with Crippen molar-refractivity contribution in [2.75, 3.05) is 13.1 Å². The second-order valence-electron chi connectivity index (χ2n) is 2.01. The largest absolute Gasteiger partial charge is 0.367 e. The molecule has 0 aliphatic heterocycles. The van der Waals surface area contributed by atoms with Crippen LogP contribution in [0.25, 0.3) is 0 Å². The molecule has 0 fully saturated rings. The zero-order chi connectivity index (χ0) is 15.0. The fraction of sp³-hybridized carbons (Fsp3) is 0.600. The van der Waals surface area contributed by atoms with E-state index in [2.05, 4.69) is 4.94 Å². The van der Waals surface area contributed by atoms with Crippen molar-refractivity contribution in [2.24, 2.45) is 0 Å². The highest BCUT2D eigenvalue weighted by Crippen LogP contribution is 1.75. The van der Waals surface area contributed by atoms with Crippen LogP contribution in [0.15, 0.2) is 0 Å². The van der Waals surface area contributed by atoms with Crippen LogP contribution in [-0.2, 0) is 24.1 Å². The number of halogens is 1. The average Bonchev–Trinajstić information content (AvgIpc) is 2.45. The Morgan fingerprint density at radius 3 is 1.89 bits per heavy atom. The lowest BCUT2D eigenvalue weighted by Gasteiger charge is -2.01. The van der Waals surface area contributed by atoms with Gasteiger partial charge in [-0.2, -0.15) is 0 Å². The van der Waals surface area contributed by atoms with Crippen molar-refractivity contribution in [3.63, 3.8) is 0 Å². The van der Waals surface area contributed by atoms with Gasteiger partial charge in [0, 0.05) is 4.53 Å². The van der Waals surface area contributed by atoms with Gasteiger partial charge in [-0.15, -0.1) is 0 Å². The van der Waals surface area contributed by atoms with E-state index in [9.17, 15) is 23.7 Å². The Morgan fingerprint density at radius 2 is 1.50 bits per heavy atom. The van der Waals surface area contributed by atoms with E-state index in [1.807, 2.05) is 33.0 Å². The number of amides is 2. The van der Waals surface area contributed by atoms with Gasteiger partial charge in [0.25, 0.3) is 0 Å². The zero-order valence-corrected chi connectivity index (χ0v) is 10.9. The van der Waals surface area contributed by atoms with Gasteiger partial charge in [-0.05, 0) is 0 Å². The monoisotopic (exact) mass is 266 g/mol. The lowest BCUT2D eigenvalue weighted by atomic mass is 10.5. The molecule has 8 heteroatoms. The van der Waals surface area contributed by atoms with Gasteiger partial charge >= 0.3 is 17.8 Å². The van der Waals surface area contributed by atoms with Gasteiger partial charge in [-0.3, -0.25) is 14.5 Å². The Labute approximate surface area is 105 Å². The summed E-state index contributed by atoms with van der Waals surface area (Å²) < 4.78 is 11.1. The highest BCUT2D eigenvalue weighted by Gasteiger charge is 2.14. The van der Waals surface area contributed by atoms with Crippen molar-refractivity contribution in [3.05, 3.63) is 0 Å². The van der Waals surface area contributed by atoms with E-state index in [1.54, 1.807) is 5.32 Å². The fourth-order valence-corrected chi connectivity index (χ4v) is 0.475. The van der Waals surface area contributed by atoms with Gasteiger partial charge < -0.3 is 15.4 Å². The topological polar surface area (TPSA) is 102 Å². The first-order valence-corrected chi connectivity index (χ1v) is 5.43. The maximum Gasteiger partial charge on any atom is 0.367 e.